The SMILES string of the molecule is CCCNC(CC)Cc1nc(C2CC2)ns1. The molecule has 1 aliphatic rings. The Kier molecular flexibility index (Phi) is 4.29. The fourth-order valence-corrected chi connectivity index (χ4v) is 2.58. The predicted octanol–water partition coefficient (Wildman–Crippen LogP) is 2.74. The molecule has 0 aliphatic heterocycles. The molecule has 1 fully saturated rings. The van der Waals surface area contributed by atoms with Crippen LogP contribution >= 0.6 is 11.5 Å². The van der Waals surface area contributed by atoms with Crippen molar-refractivity contribution in [2.24, 2.45) is 0 Å². The minimum absolute atomic E-state index is 0.569. The molecular formula is C12H21N3S. The molecule has 0 amide bonds. The van der Waals surface area contributed by atoms with Crippen LogP contribution in [0.1, 0.15) is 56.3 Å². The van der Waals surface area contributed by atoms with Crippen LogP contribution in [-0.4, -0.2) is 21.9 Å². The molecule has 1 atom stereocenters. The average Bonchev–Trinajstić information content (AvgIpc) is 3.05. The normalized spacial score (nSPS) is 17.6. The van der Waals surface area contributed by atoms with Crippen LogP contribution in [0.2, 0.25) is 0 Å². The van der Waals surface area contributed by atoms with Gasteiger partial charge in [-0.05, 0) is 43.8 Å². The van der Waals surface area contributed by atoms with Crippen molar-refractivity contribution in [2.45, 2.75) is 57.9 Å². The largest absolute Gasteiger partial charge is 0.314 e. The summed E-state index contributed by atoms with van der Waals surface area (Å²) in [7, 11) is 0. The molecule has 0 saturated heterocycles. The molecule has 0 bridgehead atoms. The fourth-order valence-electron chi connectivity index (χ4n) is 1.78. The van der Waals surface area contributed by atoms with Crippen molar-refractivity contribution >= 4 is 11.5 Å². The van der Waals surface area contributed by atoms with Gasteiger partial charge in [0.25, 0.3) is 0 Å². The van der Waals surface area contributed by atoms with E-state index >= 15 is 0 Å². The first-order chi connectivity index (χ1) is 7.83. The summed E-state index contributed by atoms with van der Waals surface area (Å²) >= 11 is 1.59. The zero-order chi connectivity index (χ0) is 11.4. The molecule has 4 heteroatoms. The molecule has 0 radical (unpaired) electrons. The first-order valence-corrected chi connectivity index (χ1v) is 7.16. The van der Waals surface area contributed by atoms with Gasteiger partial charge in [-0.3, -0.25) is 0 Å². The Morgan fingerprint density at radius 2 is 2.25 bits per heavy atom. The highest BCUT2D eigenvalue weighted by molar-refractivity contribution is 7.05. The Morgan fingerprint density at radius 3 is 2.88 bits per heavy atom. The highest BCUT2D eigenvalue weighted by Crippen LogP contribution is 2.38. The second kappa shape index (κ2) is 5.73. The van der Waals surface area contributed by atoms with Gasteiger partial charge in [0.2, 0.25) is 0 Å². The van der Waals surface area contributed by atoms with Gasteiger partial charge in [0.15, 0.2) is 0 Å². The summed E-state index contributed by atoms with van der Waals surface area (Å²) in [6.07, 6.45) is 5.99. The maximum absolute atomic E-state index is 4.64. The predicted molar refractivity (Wildman–Crippen MR) is 68.0 cm³/mol. The Balaban J connectivity index is 1.85. The molecule has 3 nitrogen and oxygen atoms in total. The lowest BCUT2D eigenvalue weighted by molar-refractivity contribution is 0.493. The molecule has 1 unspecified atom stereocenters. The monoisotopic (exact) mass is 239 g/mol. The molecule has 2 rings (SSSR count). The Morgan fingerprint density at radius 1 is 1.44 bits per heavy atom. The second-order valence-corrected chi connectivity index (χ2v) is 5.42. The van der Waals surface area contributed by atoms with Crippen molar-refractivity contribution in [1.29, 1.82) is 0 Å². The van der Waals surface area contributed by atoms with E-state index in [0.29, 0.717) is 12.0 Å². The molecule has 16 heavy (non-hydrogen) atoms. The molecule has 1 aromatic rings. The summed E-state index contributed by atoms with van der Waals surface area (Å²) in [6.45, 7) is 5.54. The van der Waals surface area contributed by atoms with Gasteiger partial charge < -0.3 is 5.32 Å². The van der Waals surface area contributed by atoms with E-state index in [9.17, 15) is 0 Å². The van der Waals surface area contributed by atoms with Crippen LogP contribution in [0.15, 0.2) is 0 Å². The lowest BCUT2D eigenvalue weighted by atomic mass is 10.1. The molecule has 1 saturated carbocycles. The number of hydrogen-bond donors (Lipinski definition) is 1. The zero-order valence-electron chi connectivity index (χ0n) is 10.2. The van der Waals surface area contributed by atoms with E-state index in [1.165, 1.54) is 30.7 Å². The van der Waals surface area contributed by atoms with Gasteiger partial charge in [-0.2, -0.15) is 4.37 Å². The zero-order valence-corrected chi connectivity index (χ0v) is 11.0. The molecule has 0 aromatic carbocycles. The summed E-state index contributed by atoms with van der Waals surface area (Å²) < 4.78 is 4.45. The molecule has 90 valence electrons. The molecule has 0 spiro atoms. The maximum Gasteiger partial charge on any atom is 0.145 e. The standard InChI is InChI=1S/C12H21N3S/c1-3-7-13-10(4-2)8-11-14-12(15-16-11)9-5-6-9/h9-10,13H,3-8H2,1-2H3. The van der Waals surface area contributed by atoms with Crippen molar-refractivity contribution in [3.8, 4) is 0 Å². The smallest absolute Gasteiger partial charge is 0.145 e. The van der Waals surface area contributed by atoms with Crippen molar-refractivity contribution in [3.05, 3.63) is 10.8 Å². The number of nitrogens with one attached hydrogen (secondary N) is 1. The second-order valence-electron chi connectivity index (χ2n) is 4.58. The molecule has 1 heterocycles. The first kappa shape index (κ1) is 12.0. The average molecular weight is 239 g/mol. The van der Waals surface area contributed by atoms with Crippen LogP contribution in [0.4, 0.5) is 0 Å². The quantitative estimate of drug-likeness (QED) is 0.795. The van der Waals surface area contributed by atoms with Gasteiger partial charge in [0, 0.05) is 18.4 Å². The van der Waals surface area contributed by atoms with Crippen LogP contribution < -0.4 is 5.32 Å². The number of nitrogens with zero attached hydrogens (tertiary/aromatic N) is 2. The summed E-state index contributed by atoms with van der Waals surface area (Å²) in [5, 5.41) is 4.77. The summed E-state index contributed by atoms with van der Waals surface area (Å²) in [4.78, 5) is 4.64. The van der Waals surface area contributed by atoms with Crippen LogP contribution in [0.25, 0.3) is 0 Å². The minimum Gasteiger partial charge on any atom is -0.314 e. The van der Waals surface area contributed by atoms with E-state index in [2.05, 4.69) is 28.5 Å². The lowest BCUT2D eigenvalue weighted by Gasteiger charge is -2.14. The van der Waals surface area contributed by atoms with E-state index in [0.717, 1.165) is 18.8 Å². The van der Waals surface area contributed by atoms with E-state index in [4.69, 9.17) is 0 Å². The van der Waals surface area contributed by atoms with Gasteiger partial charge in [-0.25, -0.2) is 4.98 Å². The van der Waals surface area contributed by atoms with Gasteiger partial charge in [0.1, 0.15) is 10.8 Å². The van der Waals surface area contributed by atoms with Crippen molar-refractivity contribution in [1.82, 2.24) is 14.7 Å². The van der Waals surface area contributed by atoms with Crippen LogP contribution in [0.3, 0.4) is 0 Å². The summed E-state index contributed by atoms with van der Waals surface area (Å²) in [5.74, 6) is 1.79. The first-order valence-electron chi connectivity index (χ1n) is 6.39. The lowest BCUT2D eigenvalue weighted by Crippen LogP contribution is -2.31. The molecular weight excluding hydrogens is 218 g/mol. The highest BCUT2D eigenvalue weighted by Gasteiger charge is 2.27. The summed E-state index contributed by atoms with van der Waals surface area (Å²) in [5.41, 5.74) is 0. The topological polar surface area (TPSA) is 37.8 Å². The van der Waals surface area contributed by atoms with Crippen LogP contribution in [0, 0.1) is 0 Å². The Hall–Kier alpha value is -0.480. The van der Waals surface area contributed by atoms with Gasteiger partial charge in [-0.15, -0.1) is 0 Å². The fraction of sp³-hybridized carbons (Fsp3) is 0.833. The Labute approximate surface area is 102 Å². The Bertz CT molecular complexity index is 320. The molecule has 1 aromatic heterocycles. The van der Waals surface area contributed by atoms with Crippen molar-refractivity contribution < 1.29 is 0 Å². The van der Waals surface area contributed by atoms with E-state index < -0.39 is 0 Å². The third-order valence-corrected chi connectivity index (χ3v) is 3.77. The van der Waals surface area contributed by atoms with Gasteiger partial charge >= 0.3 is 0 Å². The van der Waals surface area contributed by atoms with Gasteiger partial charge in [-0.1, -0.05) is 13.8 Å². The number of hydrogen-bond acceptors (Lipinski definition) is 4. The van der Waals surface area contributed by atoms with E-state index in [1.54, 1.807) is 11.5 Å². The van der Waals surface area contributed by atoms with E-state index in [-0.39, 0.29) is 0 Å². The minimum atomic E-state index is 0.569. The third-order valence-electron chi connectivity index (χ3n) is 3.02. The number of aromatic nitrogens is 2. The van der Waals surface area contributed by atoms with Crippen molar-refractivity contribution in [3.63, 3.8) is 0 Å². The highest BCUT2D eigenvalue weighted by atomic mass is 32.1. The number of rotatable bonds is 7. The maximum atomic E-state index is 4.64. The summed E-state index contributed by atoms with van der Waals surface area (Å²) in [6, 6.07) is 0.569. The van der Waals surface area contributed by atoms with Crippen LogP contribution in [-0.2, 0) is 6.42 Å². The van der Waals surface area contributed by atoms with Crippen molar-refractivity contribution in [2.75, 3.05) is 6.54 Å². The molecule has 1 N–H and O–H groups in total. The van der Waals surface area contributed by atoms with Gasteiger partial charge in [0.05, 0.1) is 0 Å². The van der Waals surface area contributed by atoms with Crippen LogP contribution in [0.5, 0.6) is 0 Å². The third kappa shape index (κ3) is 3.25. The molecule has 1 aliphatic carbocycles. The van der Waals surface area contributed by atoms with E-state index in [1.807, 2.05) is 0 Å².